The summed E-state index contributed by atoms with van der Waals surface area (Å²) < 4.78 is 5.51. The second-order valence-electron chi connectivity index (χ2n) is 3.70. The van der Waals surface area contributed by atoms with Crippen LogP contribution in [-0.4, -0.2) is 36.3 Å². The SMILES string of the molecule is C[C@H]1OCC[C@H]1NC1CCSC1. The van der Waals surface area contributed by atoms with Crippen LogP contribution in [0.3, 0.4) is 0 Å². The Morgan fingerprint density at radius 1 is 1.42 bits per heavy atom. The zero-order valence-corrected chi connectivity index (χ0v) is 8.40. The van der Waals surface area contributed by atoms with Gasteiger partial charge < -0.3 is 10.1 Å². The molecule has 2 rings (SSSR count). The molecule has 1 unspecified atom stereocenters. The molecule has 3 atom stereocenters. The Balaban J connectivity index is 1.77. The summed E-state index contributed by atoms with van der Waals surface area (Å²) in [5, 5.41) is 3.68. The highest BCUT2D eigenvalue weighted by molar-refractivity contribution is 7.99. The number of thioether (sulfide) groups is 1. The third kappa shape index (κ3) is 1.95. The van der Waals surface area contributed by atoms with Crippen molar-refractivity contribution in [1.82, 2.24) is 5.32 Å². The maximum atomic E-state index is 5.51. The van der Waals surface area contributed by atoms with Crippen molar-refractivity contribution >= 4 is 11.8 Å². The molecule has 2 nitrogen and oxygen atoms in total. The first-order chi connectivity index (χ1) is 5.86. The van der Waals surface area contributed by atoms with Crippen LogP contribution in [0.25, 0.3) is 0 Å². The third-order valence-corrected chi connectivity index (χ3v) is 3.92. The van der Waals surface area contributed by atoms with E-state index in [4.69, 9.17) is 4.74 Å². The van der Waals surface area contributed by atoms with E-state index in [0.717, 1.165) is 12.6 Å². The van der Waals surface area contributed by atoms with Gasteiger partial charge in [0, 0.05) is 24.4 Å². The van der Waals surface area contributed by atoms with Crippen LogP contribution < -0.4 is 5.32 Å². The van der Waals surface area contributed by atoms with E-state index in [0.29, 0.717) is 12.1 Å². The van der Waals surface area contributed by atoms with Gasteiger partial charge in [-0.15, -0.1) is 0 Å². The van der Waals surface area contributed by atoms with Crippen molar-refractivity contribution < 1.29 is 4.74 Å². The summed E-state index contributed by atoms with van der Waals surface area (Å²) in [6.45, 7) is 3.12. The smallest absolute Gasteiger partial charge is 0.0700 e. The van der Waals surface area contributed by atoms with Crippen LogP contribution in [0.4, 0.5) is 0 Å². The highest BCUT2D eigenvalue weighted by Gasteiger charge is 2.27. The number of hydrogen-bond donors (Lipinski definition) is 1. The molecule has 0 bridgehead atoms. The van der Waals surface area contributed by atoms with Crippen LogP contribution in [-0.2, 0) is 4.74 Å². The summed E-state index contributed by atoms with van der Waals surface area (Å²) in [5.41, 5.74) is 0. The molecular weight excluding hydrogens is 170 g/mol. The first kappa shape index (κ1) is 8.85. The summed E-state index contributed by atoms with van der Waals surface area (Å²) in [4.78, 5) is 0. The molecule has 0 saturated carbocycles. The molecule has 0 amide bonds. The Labute approximate surface area is 78.4 Å². The molecule has 2 fully saturated rings. The first-order valence-corrected chi connectivity index (χ1v) is 5.97. The Morgan fingerprint density at radius 2 is 2.33 bits per heavy atom. The topological polar surface area (TPSA) is 21.3 Å². The van der Waals surface area contributed by atoms with E-state index in [1.54, 1.807) is 0 Å². The lowest BCUT2D eigenvalue weighted by Crippen LogP contribution is -2.41. The maximum Gasteiger partial charge on any atom is 0.0700 e. The van der Waals surface area contributed by atoms with Gasteiger partial charge >= 0.3 is 0 Å². The van der Waals surface area contributed by atoms with E-state index in [9.17, 15) is 0 Å². The number of hydrogen-bond acceptors (Lipinski definition) is 3. The van der Waals surface area contributed by atoms with E-state index in [1.807, 2.05) is 0 Å². The van der Waals surface area contributed by atoms with Gasteiger partial charge in [0.1, 0.15) is 0 Å². The van der Waals surface area contributed by atoms with Crippen LogP contribution in [0.5, 0.6) is 0 Å². The van der Waals surface area contributed by atoms with Crippen molar-refractivity contribution in [2.24, 2.45) is 0 Å². The molecular formula is C9H17NOS. The van der Waals surface area contributed by atoms with Gasteiger partial charge in [-0.05, 0) is 25.5 Å². The lowest BCUT2D eigenvalue weighted by Gasteiger charge is -2.20. The van der Waals surface area contributed by atoms with Gasteiger partial charge in [0.2, 0.25) is 0 Å². The summed E-state index contributed by atoms with van der Waals surface area (Å²) in [7, 11) is 0. The molecule has 3 heteroatoms. The zero-order valence-electron chi connectivity index (χ0n) is 7.58. The van der Waals surface area contributed by atoms with E-state index >= 15 is 0 Å². The normalized spacial score (nSPS) is 42.2. The molecule has 2 aliphatic rings. The first-order valence-electron chi connectivity index (χ1n) is 4.81. The summed E-state index contributed by atoms with van der Waals surface area (Å²) in [6, 6.07) is 1.37. The standard InChI is InChI=1S/C9H17NOS/c1-7-9(2-4-11-7)10-8-3-5-12-6-8/h7-10H,2-6H2,1H3/t7-,8?,9-/m1/s1. The Bertz CT molecular complexity index is 147. The molecule has 2 heterocycles. The fraction of sp³-hybridized carbons (Fsp3) is 1.00. The lowest BCUT2D eigenvalue weighted by atomic mass is 10.1. The van der Waals surface area contributed by atoms with Crippen molar-refractivity contribution in [3.8, 4) is 0 Å². The molecule has 2 saturated heterocycles. The quantitative estimate of drug-likeness (QED) is 0.703. The van der Waals surface area contributed by atoms with Crippen LogP contribution >= 0.6 is 11.8 Å². The van der Waals surface area contributed by atoms with Gasteiger partial charge in [-0.1, -0.05) is 0 Å². The van der Waals surface area contributed by atoms with Gasteiger partial charge in [-0.2, -0.15) is 11.8 Å². The predicted molar refractivity (Wildman–Crippen MR) is 52.7 cm³/mol. The predicted octanol–water partition coefficient (Wildman–Crippen LogP) is 1.26. The van der Waals surface area contributed by atoms with E-state index < -0.39 is 0 Å². The van der Waals surface area contributed by atoms with Gasteiger partial charge in [-0.25, -0.2) is 0 Å². The second kappa shape index (κ2) is 3.99. The molecule has 12 heavy (non-hydrogen) atoms. The lowest BCUT2D eigenvalue weighted by molar-refractivity contribution is 0.111. The summed E-state index contributed by atoms with van der Waals surface area (Å²) >= 11 is 2.06. The average Bonchev–Trinajstić information content (AvgIpc) is 2.65. The average molecular weight is 187 g/mol. The van der Waals surface area contributed by atoms with Crippen molar-refractivity contribution in [1.29, 1.82) is 0 Å². The zero-order chi connectivity index (χ0) is 8.39. The van der Waals surface area contributed by atoms with Gasteiger partial charge in [0.05, 0.1) is 6.10 Å². The fourth-order valence-electron chi connectivity index (χ4n) is 1.92. The molecule has 0 aromatic rings. The van der Waals surface area contributed by atoms with Crippen LogP contribution in [0, 0.1) is 0 Å². The molecule has 0 aliphatic carbocycles. The molecule has 0 aromatic carbocycles. The fourth-order valence-corrected chi connectivity index (χ4v) is 3.08. The van der Waals surface area contributed by atoms with Crippen molar-refractivity contribution in [2.75, 3.05) is 18.1 Å². The number of ether oxygens (including phenoxy) is 1. The highest BCUT2D eigenvalue weighted by atomic mass is 32.2. The molecule has 0 radical (unpaired) electrons. The highest BCUT2D eigenvalue weighted by Crippen LogP contribution is 2.20. The number of rotatable bonds is 2. The van der Waals surface area contributed by atoms with Crippen LogP contribution in [0.1, 0.15) is 19.8 Å². The third-order valence-electron chi connectivity index (χ3n) is 2.76. The van der Waals surface area contributed by atoms with Crippen molar-refractivity contribution in [3.05, 3.63) is 0 Å². The Kier molecular flexibility index (Phi) is 2.94. The molecule has 0 spiro atoms. The van der Waals surface area contributed by atoms with E-state index in [1.165, 1.54) is 24.3 Å². The summed E-state index contributed by atoms with van der Waals surface area (Å²) in [5.74, 6) is 2.63. The second-order valence-corrected chi connectivity index (χ2v) is 4.85. The minimum atomic E-state index is 0.426. The monoisotopic (exact) mass is 187 g/mol. The molecule has 70 valence electrons. The van der Waals surface area contributed by atoms with Crippen molar-refractivity contribution in [3.63, 3.8) is 0 Å². The Morgan fingerprint density at radius 3 is 2.92 bits per heavy atom. The van der Waals surface area contributed by atoms with E-state index in [-0.39, 0.29) is 0 Å². The maximum absolute atomic E-state index is 5.51. The largest absolute Gasteiger partial charge is 0.377 e. The van der Waals surface area contributed by atoms with Gasteiger partial charge in [-0.3, -0.25) is 0 Å². The number of nitrogens with one attached hydrogen (secondary N) is 1. The minimum Gasteiger partial charge on any atom is -0.377 e. The Hall–Kier alpha value is 0.270. The molecule has 1 N–H and O–H groups in total. The van der Waals surface area contributed by atoms with Gasteiger partial charge in [0.25, 0.3) is 0 Å². The van der Waals surface area contributed by atoms with Crippen molar-refractivity contribution in [2.45, 2.75) is 38.0 Å². The van der Waals surface area contributed by atoms with Crippen LogP contribution in [0.15, 0.2) is 0 Å². The van der Waals surface area contributed by atoms with Crippen LogP contribution in [0.2, 0.25) is 0 Å². The minimum absolute atomic E-state index is 0.426. The molecule has 2 aliphatic heterocycles. The van der Waals surface area contributed by atoms with E-state index in [2.05, 4.69) is 24.0 Å². The molecule has 0 aromatic heterocycles. The van der Waals surface area contributed by atoms with Gasteiger partial charge in [0.15, 0.2) is 0 Å². The summed E-state index contributed by atoms with van der Waals surface area (Å²) in [6.07, 6.45) is 2.96.